The molecule has 0 aromatic carbocycles. The number of nitrogens with zero attached hydrogens (tertiary/aromatic N) is 2. The van der Waals surface area contributed by atoms with E-state index in [-0.39, 0.29) is 18.1 Å². The van der Waals surface area contributed by atoms with E-state index in [1.165, 1.54) is 25.7 Å². The van der Waals surface area contributed by atoms with Gasteiger partial charge in [-0.05, 0) is 52.6 Å². The van der Waals surface area contributed by atoms with Crippen LogP contribution in [-0.2, 0) is 9.53 Å². The van der Waals surface area contributed by atoms with E-state index >= 15 is 0 Å². The maximum atomic E-state index is 12.6. The summed E-state index contributed by atoms with van der Waals surface area (Å²) in [5, 5.41) is 3.61. The van der Waals surface area contributed by atoms with Crippen LogP contribution in [0, 0.1) is 0 Å². The van der Waals surface area contributed by atoms with Crippen LogP contribution in [0.5, 0.6) is 0 Å². The van der Waals surface area contributed by atoms with Gasteiger partial charge in [0.15, 0.2) is 0 Å². The molecule has 5 heteroatoms. The Balaban J connectivity index is 1.56. The Kier molecular flexibility index (Phi) is 4.82. The molecule has 0 bridgehead atoms. The zero-order valence-electron chi connectivity index (χ0n) is 13.4. The molecule has 3 rings (SSSR count). The Hall–Kier alpha value is -0.650. The predicted octanol–water partition coefficient (Wildman–Crippen LogP) is 0.839. The molecule has 0 aliphatic carbocycles. The summed E-state index contributed by atoms with van der Waals surface area (Å²) in [6.45, 7) is 8.38. The second-order valence-corrected chi connectivity index (χ2v) is 6.94. The van der Waals surface area contributed by atoms with Gasteiger partial charge in [-0.3, -0.25) is 9.69 Å². The Labute approximate surface area is 128 Å². The first-order valence-corrected chi connectivity index (χ1v) is 8.54. The summed E-state index contributed by atoms with van der Waals surface area (Å²) in [5.41, 5.74) is 0. The van der Waals surface area contributed by atoms with Crippen molar-refractivity contribution in [2.75, 3.05) is 32.7 Å². The lowest BCUT2D eigenvalue weighted by atomic mass is 10.0. The van der Waals surface area contributed by atoms with Crippen molar-refractivity contribution in [3.63, 3.8) is 0 Å². The van der Waals surface area contributed by atoms with E-state index in [4.69, 9.17) is 4.74 Å². The number of rotatable bonds is 3. The highest BCUT2D eigenvalue weighted by Crippen LogP contribution is 2.25. The third-order valence-electron chi connectivity index (χ3n) is 5.09. The Morgan fingerprint density at radius 3 is 2.62 bits per heavy atom. The maximum Gasteiger partial charge on any atom is 0.236 e. The zero-order chi connectivity index (χ0) is 14.8. The van der Waals surface area contributed by atoms with E-state index < -0.39 is 0 Å². The van der Waals surface area contributed by atoms with Gasteiger partial charge in [0.1, 0.15) is 0 Å². The molecule has 0 aromatic rings. The van der Waals surface area contributed by atoms with Crippen molar-refractivity contribution in [2.24, 2.45) is 0 Å². The molecule has 0 spiro atoms. The molecular weight excluding hydrogens is 266 g/mol. The van der Waals surface area contributed by atoms with Crippen LogP contribution in [0.15, 0.2) is 0 Å². The van der Waals surface area contributed by atoms with E-state index in [2.05, 4.69) is 24.1 Å². The molecule has 4 atom stereocenters. The van der Waals surface area contributed by atoms with Gasteiger partial charge in [-0.2, -0.15) is 0 Å². The van der Waals surface area contributed by atoms with Crippen molar-refractivity contribution in [3.05, 3.63) is 0 Å². The number of morpholine rings is 1. The number of hydrogen-bond acceptors (Lipinski definition) is 4. The quantitative estimate of drug-likeness (QED) is 0.838. The molecule has 3 fully saturated rings. The minimum atomic E-state index is 0.156. The molecule has 120 valence electrons. The first-order chi connectivity index (χ1) is 10.1. The van der Waals surface area contributed by atoms with Gasteiger partial charge in [0.05, 0.1) is 18.8 Å². The average molecular weight is 295 g/mol. The molecule has 0 saturated carbocycles. The van der Waals surface area contributed by atoms with Crippen molar-refractivity contribution in [2.45, 2.75) is 63.8 Å². The number of amides is 1. The van der Waals surface area contributed by atoms with Gasteiger partial charge in [-0.25, -0.2) is 0 Å². The van der Waals surface area contributed by atoms with E-state index in [0.29, 0.717) is 18.6 Å². The third-order valence-corrected chi connectivity index (χ3v) is 5.09. The maximum absolute atomic E-state index is 12.6. The van der Waals surface area contributed by atoms with Gasteiger partial charge < -0.3 is 15.0 Å². The van der Waals surface area contributed by atoms with E-state index in [1.807, 2.05) is 4.90 Å². The fraction of sp³-hybridized carbons (Fsp3) is 0.938. The first kappa shape index (κ1) is 15.3. The van der Waals surface area contributed by atoms with E-state index in [0.717, 1.165) is 26.2 Å². The fourth-order valence-corrected chi connectivity index (χ4v) is 4.20. The van der Waals surface area contributed by atoms with Crippen LogP contribution in [0.1, 0.15) is 39.5 Å². The summed E-state index contributed by atoms with van der Waals surface area (Å²) in [4.78, 5) is 17.0. The molecule has 1 N–H and O–H groups in total. The number of carbonyl (C=O) groups excluding carboxylic acids is 1. The highest BCUT2D eigenvalue weighted by Gasteiger charge is 2.35. The summed E-state index contributed by atoms with van der Waals surface area (Å²) < 4.78 is 5.72. The van der Waals surface area contributed by atoms with Crippen molar-refractivity contribution in [1.29, 1.82) is 0 Å². The van der Waals surface area contributed by atoms with Gasteiger partial charge in [-0.15, -0.1) is 0 Å². The first-order valence-electron chi connectivity index (χ1n) is 8.54. The van der Waals surface area contributed by atoms with Crippen molar-refractivity contribution in [1.82, 2.24) is 15.1 Å². The second-order valence-electron chi connectivity index (χ2n) is 6.94. The van der Waals surface area contributed by atoms with E-state index in [1.54, 1.807) is 0 Å². The molecule has 3 aliphatic rings. The van der Waals surface area contributed by atoms with Gasteiger partial charge in [-0.1, -0.05) is 0 Å². The Bertz CT molecular complexity index is 361. The van der Waals surface area contributed by atoms with Crippen LogP contribution in [0.3, 0.4) is 0 Å². The Morgan fingerprint density at radius 2 is 1.95 bits per heavy atom. The number of likely N-dealkylation sites (tertiary alicyclic amines) is 1. The third kappa shape index (κ3) is 3.58. The van der Waals surface area contributed by atoms with Gasteiger partial charge in [0.25, 0.3) is 0 Å². The van der Waals surface area contributed by atoms with Crippen LogP contribution in [0.4, 0.5) is 0 Å². The summed E-state index contributed by atoms with van der Waals surface area (Å²) in [6.07, 6.45) is 5.32. The average Bonchev–Trinajstić information content (AvgIpc) is 3.07. The topological polar surface area (TPSA) is 44.8 Å². The minimum Gasteiger partial charge on any atom is -0.372 e. The molecule has 21 heavy (non-hydrogen) atoms. The summed E-state index contributed by atoms with van der Waals surface area (Å²) in [6, 6.07) is 1.16. The number of nitrogens with one attached hydrogen (secondary N) is 1. The molecule has 1 amide bonds. The van der Waals surface area contributed by atoms with Crippen molar-refractivity contribution < 1.29 is 9.53 Å². The smallest absolute Gasteiger partial charge is 0.236 e. The highest BCUT2D eigenvalue weighted by atomic mass is 16.5. The lowest BCUT2D eigenvalue weighted by Crippen LogP contribution is -2.53. The van der Waals surface area contributed by atoms with Crippen LogP contribution < -0.4 is 5.32 Å². The Morgan fingerprint density at radius 1 is 1.19 bits per heavy atom. The summed E-state index contributed by atoms with van der Waals surface area (Å²) in [5.74, 6) is 0.280. The number of carbonyl (C=O) groups is 1. The highest BCUT2D eigenvalue weighted by molar-refractivity contribution is 5.78. The minimum absolute atomic E-state index is 0.156. The van der Waals surface area contributed by atoms with Crippen LogP contribution in [0.2, 0.25) is 0 Å². The largest absolute Gasteiger partial charge is 0.372 e. The van der Waals surface area contributed by atoms with Crippen molar-refractivity contribution in [3.8, 4) is 0 Å². The second kappa shape index (κ2) is 6.63. The standard InChI is InChI=1S/C16H29N3O2/c1-12-9-19(10-13(2)21-12)16(20)11-18-8-4-6-15(18)14-5-3-7-17-14/h12-15,17H,3-11H2,1-2H3. The molecule has 3 heterocycles. The molecule has 3 aliphatic heterocycles. The monoisotopic (exact) mass is 295 g/mol. The fourth-order valence-electron chi connectivity index (χ4n) is 4.20. The molecule has 0 radical (unpaired) electrons. The van der Waals surface area contributed by atoms with Crippen LogP contribution in [-0.4, -0.2) is 72.7 Å². The van der Waals surface area contributed by atoms with E-state index in [9.17, 15) is 4.79 Å². The molecule has 3 saturated heterocycles. The van der Waals surface area contributed by atoms with Gasteiger partial charge >= 0.3 is 0 Å². The molecule has 5 nitrogen and oxygen atoms in total. The zero-order valence-corrected chi connectivity index (χ0v) is 13.4. The normalized spacial score (nSPS) is 38.1. The summed E-state index contributed by atoms with van der Waals surface area (Å²) >= 11 is 0. The summed E-state index contributed by atoms with van der Waals surface area (Å²) in [7, 11) is 0. The lowest BCUT2D eigenvalue weighted by Gasteiger charge is -2.37. The number of ether oxygens (including phenoxy) is 1. The molecular formula is C16H29N3O2. The van der Waals surface area contributed by atoms with Gasteiger partial charge in [0.2, 0.25) is 5.91 Å². The predicted molar refractivity (Wildman–Crippen MR) is 82.2 cm³/mol. The van der Waals surface area contributed by atoms with Crippen LogP contribution >= 0.6 is 0 Å². The van der Waals surface area contributed by atoms with Gasteiger partial charge in [0, 0.05) is 25.2 Å². The number of hydrogen-bond donors (Lipinski definition) is 1. The molecule has 4 unspecified atom stereocenters. The lowest BCUT2D eigenvalue weighted by molar-refractivity contribution is -0.144. The van der Waals surface area contributed by atoms with Crippen LogP contribution in [0.25, 0.3) is 0 Å². The van der Waals surface area contributed by atoms with Crippen molar-refractivity contribution >= 4 is 5.91 Å². The SMILES string of the molecule is CC1CN(C(=O)CN2CCCC2C2CCCN2)CC(C)O1. The molecule has 0 aromatic heterocycles.